The molecule has 2 aliphatic heterocycles. The zero-order valence-corrected chi connectivity index (χ0v) is 55.2. The number of nitrogens with zero attached hydrogens (tertiary/aromatic N) is 13. The van der Waals surface area contributed by atoms with Crippen molar-refractivity contribution in [3.8, 4) is 0 Å². The molecule has 9 rings (SSSR count). The predicted octanol–water partition coefficient (Wildman–Crippen LogP) is 16.3. The van der Waals surface area contributed by atoms with Gasteiger partial charge >= 0.3 is 0 Å². The zero-order chi connectivity index (χ0) is 62.2. The lowest BCUT2D eigenvalue weighted by Crippen LogP contribution is -2.21. The number of allylic oxidation sites excluding steroid dienone is 1. The highest BCUT2D eigenvalue weighted by atomic mass is 32.1. The maximum Gasteiger partial charge on any atom is 0.231 e. The van der Waals surface area contributed by atoms with Crippen molar-refractivity contribution in [1.82, 2.24) is 50.5 Å². The summed E-state index contributed by atoms with van der Waals surface area (Å²) < 4.78 is 27.0. The number of amidine groups is 1. The lowest BCUT2D eigenvalue weighted by molar-refractivity contribution is 0.320. The van der Waals surface area contributed by atoms with Crippen molar-refractivity contribution in [3.05, 3.63) is 126 Å². The van der Waals surface area contributed by atoms with Crippen LogP contribution in [0.1, 0.15) is 221 Å². The van der Waals surface area contributed by atoms with Crippen LogP contribution < -0.4 is 0 Å². The number of hydrogen-bond acceptors (Lipinski definition) is 18. The van der Waals surface area contributed by atoms with Crippen molar-refractivity contribution in [3.63, 3.8) is 0 Å². The Kier molecular flexibility index (Phi) is 28.3. The fourth-order valence-corrected chi connectivity index (χ4v) is 6.29. The van der Waals surface area contributed by atoms with E-state index in [1.807, 2.05) is 82.9 Å². The van der Waals surface area contributed by atoms with Crippen LogP contribution in [0.4, 0.5) is 0 Å². The molecule has 0 amide bonds. The van der Waals surface area contributed by atoms with E-state index < -0.39 is 0 Å². The molecule has 2 aliphatic rings. The molecule has 0 saturated carbocycles. The van der Waals surface area contributed by atoms with Crippen LogP contribution in [-0.4, -0.2) is 81.3 Å². The summed E-state index contributed by atoms with van der Waals surface area (Å²) in [4.78, 5) is 20.6. The third-order valence-corrected chi connectivity index (χ3v) is 11.4. The van der Waals surface area contributed by atoms with Crippen molar-refractivity contribution < 1.29 is 22.3 Å². The lowest BCUT2D eigenvalue weighted by Gasteiger charge is -2.18. The largest absolute Gasteiger partial charge is 0.469 e. The molecule has 7 aromatic heterocycles. The number of oxazole rings is 1. The molecule has 18 nitrogen and oxygen atoms in total. The van der Waals surface area contributed by atoms with Crippen molar-refractivity contribution >= 4 is 29.1 Å². The number of hydrogen-bond donors (Lipinski definition) is 0. The maximum atomic E-state index is 5.20. The monoisotopic (exact) mass is 1140 g/mol. The molecule has 0 N–H and O–H groups in total. The van der Waals surface area contributed by atoms with Crippen LogP contribution >= 0.6 is 11.3 Å². The molecule has 0 bridgehead atoms. The van der Waals surface area contributed by atoms with E-state index in [2.05, 4.69) is 218 Å². The first-order valence-corrected chi connectivity index (χ1v) is 28.3. The number of aliphatic imine (C=N–C) groups is 3. The zero-order valence-electron chi connectivity index (χ0n) is 54.4. The summed E-state index contributed by atoms with van der Waals surface area (Å²) in [7, 11) is 0. The fraction of sp³-hybridized carbons (Fsp3) is 0.613. The summed E-state index contributed by atoms with van der Waals surface area (Å²) in [5.41, 5.74) is 3.92. The molecule has 0 aliphatic carbocycles. The Labute approximate surface area is 489 Å². The van der Waals surface area contributed by atoms with Crippen LogP contribution in [0.15, 0.2) is 129 Å². The Bertz CT molecular complexity index is 2290. The summed E-state index contributed by atoms with van der Waals surface area (Å²) in [5.74, 6) is 5.11. The van der Waals surface area contributed by atoms with E-state index in [-0.39, 0.29) is 48.9 Å². The van der Waals surface area contributed by atoms with Gasteiger partial charge in [0.1, 0.15) is 34.1 Å². The molecule has 450 valence electrons. The molecule has 81 heavy (non-hydrogen) atoms. The van der Waals surface area contributed by atoms with Crippen molar-refractivity contribution in [1.29, 1.82) is 0 Å². The number of furan rings is 1. The van der Waals surface area contributed by atoms with Crippen LogP contribution in [0.3, 0.4) is 0 Å². The van der Waals surface area contributed by atoms with Gasteiger partial charge in [-0.15, -0.1) is 31.7 Å². The smallest absolute Gasteiger partial charge is 0.231 e. The molecular formula is C62H101N13O5S. The molecule has 7 aromatic rings. The lowest BCUT2D eigenvalue weighted by atomic mass is 9.90. The van der Waals surface area contributed by atoms with Gasteiger partial charge in [-0.2, -0.15) is 10.1 Å². The number of aromatic nitrogens is 10. The van der Waals surface area contributed by atoms with Gasteiger partial charge in [-0.1, -0.05) is 183 Å². The van der Waals surface area contributed by atoms with Gasteiger partial charge in [0.05, 0.1) is 37.3 Å². The Hall–Kier alpha value is -6.50. The van der Waals surface area contributed by atoms with E-state index in [4.69, 9.17) is 22.3 Å². The maximum absolute atomic E-state index is 5.20. The second-order valence-corrected chi connectivity index (χ2v) is 29.0. The van der Waals surface area contributed by atoms with Crippen LogP contribution in [0.25, 0.3) is 0 Å². The van der Waals surface area contributed by atoms with E-state index in [0.717, 1.165) is 41.3 Å². The molecule has 0 saturated heterocycles. The van der Waals surface area contributed by atoms with Gasteiger partial charge in [-0.3, -0.25) is 14.7 Å². The molecule has 0 radical (unpaired) electrons. The summed E-state index contributed by atoms with van der Waals surface area (Å²) in [6.07, 6.45) is 19.2. The van der Waals surface area contributed by atoms with Crippen molar-refractivity contribution in [2.75, 3.05) is 13.1 Å². The standard InChI is InChI=1S/C8H13N.C8H12O.2C7H12N2.2C7H11NO.2C6H10N2O.C6H10N2S/c2*1-8(2,3)7-5-4-6-9-7;1-7(2,3)6-8-4-5-9-6;1-7(2,3)9-6-4-5-8-9;1-7(2,3)6-8-4-5-9-6;1-7(2,3)6-4-5-8-9-6;1-6(2,3)5-8-7-4-9-5;1-6(2,3)5-7-4-8-9-5;1-6(2,3)5-8-7-4-9-5/h4-5H,6H2,1-3H3;4-6H,1-3H3;4H,5H2,1-3H3;4-6H,1-3H3;2*4-5H,1-3H3;3*4H,1-3H3. The molecule has 0 unspecified atom stereocenters. The topological polar surface area (TPSA) is 224 Å². The average molecular weight is 1140 g/mol. The third-order valence-electron chi connectivity index (χ3n) is 10.3. The minimum atomic E-state index is -0.0174. The van der Waals surface area contributed by atoms with Crippen LogP contribution in [0, 0.1) is 10.8 Å². The molecule has 9 heterocycles. The normalized spacial score (nSPS) is 13.3. The first kappa shape index (κ1) is 72.5. The second-order valence-electron chi connectivity index (χ2n) is 28.2. The Morgan fingerprint density at radius 3 is 1.35 bits per heavy atom. The predicted molar refractivity (Wildman–Crippen MR) is 331 cm³/mol. The molecule has 19 heteroatoms. The second kappa shape index (κ2) is 31.6. The van der Waals surface area contributed by atoms with Crippen LogP contribution in [-0.2, 0) is 38.0 Å². The van der Waals surface area contributed by atoms with Crippen molar-refractivity contribution in [2.24, 2.45) is 25.8 Å². The van der Waals surface area contributed by atoms with Gasteiger partial charge in [0.2, 0.25) is 18.2 Å². The van der Waals surface area contributed by atoms with Crippen molar-refractivity contribution in [2.45, 2.75) is 225 Å². The van der Waals surface area contributed by atoms with Gasteiger partial charge in [-0.05, 0) is 45.0 Å². The van der Waals surface area contributed by atoms with Gasteiger partial charge in [-0.25, -0.2) is 9.98 Å². The molecule has 0 aromatic carbocycles. The van der Waals surface area contributed by atoms with E-state index in [9.17, 15) is 0 Å². The van der Waals surface area contributed by atoms with Gasteiger partial charge < -0.3 is 22.3 Å². The van der Waals surface area contributed by atoms with E-state index >= 15 is 0 Å². The van der Waals surface area contributed by atoms with Crippen LogP contribution in [0.5, 0.6) is 0 Å². The fourth-order valence-electron chi connectivity index (χ4n) is 5.65. The summed E-state index contributed by atoms with van der Waals surface area (Å²) >= 11 is 1.61. The van der Waals surface area contributed by atoms with E-state index in [1.54, 1.807) is 48.0 Å². The van der Waals surface area contributed by atoms with Crippen LogP contribution in [0.2, 0.25) is 0 Å². The minimum Gasteiger partial charge on any atom is -0.469 e. The first-order valence-electron chi connectivity index (χ1n) is 27.4. The highest BCUT2D eigenvalue weighted by molar-refractivity contribution is 7.09. The summed E-state index contributed by atoms with van der Waals surface area (Å²) in [5, 5.41) is 27.4. The molecule has 0 fully saturated rings. The highest BCUT2D eigenvalue weighted by Crippen LogP contribution is 2.25. The van der Waals surface area contributed by atoms with E-state index in [0.29, 0.717) is 11.8 Å². The molecule has 0 spiro atoms. The SMILES string of the molecule is CC(C)(C)C1=NCC=C1.CC(C)(C)C1=NCC=N1.CC(C)(C)c1ccco1.CC(C)(C)c1ccno1.CC(C)(C)c1ncco1.CC(C)(C)c1ncno1.CC(C)(C)c1nnco1.CC(C)(C)c1nncs1.CC(C)(C)n1cccn1. The third kappa shape index (κ3) is 30.8. The Morgan fingerprint density at radius 1 is 0.494 bits per heavy atom. The highest BCUT2D eigenvalue weighted by Gasteiger charge is 2.23. The first-order chi connectivity index (χ1) is 36.9. The summed E-state index contributed by atoms with van der Waals surface area (Å²) in [6.45, 7) is 58.4. The van der Waals surface area contributed by atoms with E-state index in [1.165, 1.54) is 18.4 Å². The van der Waals surface area contributed by atoms with Gasteiger partial charge in [0.15, 0.2) is 12.2 Å². The quantitative estimate of drug-likeness (QED) is 0.138. The molecule has 0 atom stereocenters. The minimum absolute atomic E-state index is 0.0174. The summed E-state index contributed by atoms with van der Waals surface area (Å²) in [6, 6.07) is 7.74. The van der Waals surface area contributed by atoms with Gasteiger partial charge in [0, 0.05) is 73.7 Å². The number of rotatable bonds is 0. The Balaban J connectivity index is 0.000000456. The molecular weight excluding hydrogens is 1040 g/mol. The van der Waals surface area contributed by atoms with Gasteiger partial charge in [0.25, 0.3) is 0 Å². The Morgan fingerprint density at radius 2 is 1.12 bits per heavy atom. The average Bonchev–Trinajstić information content (AvgIpc) is 4.21.